The summed E-state index contributed by atoms with van der Waals surface area (Å²) in [6.45, 7) is 14.6. The van der Waals surface area contributed by atoms with Crippen molar-refractivity contribution in [1.82, 2.24) is 0 Å². The number of unbranched alkanes of at least 4 members (excludes halogenated alkanes) is 5. The second-order valence-electron chi connectivity index (χ2n) is 13.1. The number of esters is 1. The molecule has 0 aliphatic heterocycles. The number of carbonyl (C=O) groups is 1. The van der Waals surface area contributed by atoms with Gasteiger partial charge < -0.3 is 4.74 Å². The standard InChI is InChI=1S/C38H70O2/c1-7-8-9-10-11-12-13-14-15-16-17-18-19-20-21-31-38(39)40-33-32-37(6)30-24-29-36(5)28-23-27-35(4)26-22-25-34(2)3/h8-9,11-12,14-15,34-37H,7,10,13,16-33H2,1-6H3. The Hall–Kier alpha value is -1.31. The van der Waals surface area contributed by atoms with E-state index in [1.54, 1.807) is 0 Å². The van der Waals surface area contributed by atoms with Gasteiger partial charge in [-0.05, 0) is 68.6 Å². The Balaban J connectivity index is 3.54. The molecule has 3 atom stereocenters. The topological polar surface area (TPSA) is 26.3 Å². The fourth-order valence-electron chi connectivity index (χ4n) is 5.27. The second kappa shape index (κ2) is 29.2. The molecule has 0 saturated carbocycles. The highest BCUT2D eigenvalue weighted by molar-refractivity contribution is 5.69. The van der Waals surface area contributed by atoms with Gasteiger partial charge >= 0.3 is 5.97 Å². The molecule has 0 spiro atoms. The molecule has 0 saturated heterocycles. The minimum atomic E-state index is 0.000397. The van der Waals surface area contributed by atoms with E-state index >= 15 is 0 Å². The van der Waals surface area contributed by atoms with Crippen molar-refractivity contribution in [2.75, 3.05) is 6.61 Å². The van der Waals surface area contributed by atoms with Crippen molar-refractivity contribution < 1.29 is 9.53 Å². The first-order valence-corrected chi connectivity index (χ1v) is 17.5. The second-order valence-corrected chi connectivity index (χ2v) is 13.1. The number of carbonyl (C=O) groups excluding carboxylic acids is 1. The van der Waals surface area contributed by atoms with E-state index in [0.717, 1.165) is 56.3 Å². The molecule has 0 rings (SSSR count). The van der Waals surface area contributed by atoms with Crippen LogP contribution in [-0.4, -0.2) is 12.6 Å². The Morgan fingerprint density at radius 1 is 0.550 bits per heavy atom. The third-order valence-corrected chi connectivity index (χ3v) is 8.17. The summed E-state index contributed by atoms with van der Waals surface area (Å²) in [6.07, 6.45) is 37.6. The summed E-state index contributed by atoms with van der Waals surface area (Å²) in [4.78, 5) is 12.1. The fourth-order valence-corrected chi connectivity index (χ4v) is 5.27. The zero-order chi connectivity index (χ0) is 29.7. The molecule has 0 amide bonds. The van der Waals surface area contributed by atoms with E-state index < -0.39 is 0 Å². The molecule has 0 heterocycles. The molecule has 3 unspecified atom stereocenters. The Morgan fingerprint density at radius 2 is 1.02 bits per heavy atom. The lowest BCUT2D eigenvalue weighted by molar-refractivity contribution is -0.144. The molecular formula is C38H70O2. The molecule has 0 aromatic heterocycles. The third-order valence-electron chi connectivity index (χ3n) is 8.17. The molecule has 2 nitrogen and oxygen atoms in total. The summed E-state index contributed by atoms with van der Waals surface area (Å²) in [6, 6.07) is 0. The van der Waals surface area contributed by atoms with Crippen molar-refractivity contribution in [2.45, 2.75) is 170 Å². The maximum absolute atomic E-state index is 12.1. The maximum atomic E-state index is 12.1. The Bertz CT molecular complexity index is 629. The number of rotatable bonds is 28. The monoisotopic (exact) mass is 559 g/mol. The number of hydrogen-bond acceptors (Lipinski definition) is 2. The predicted octanol–water partition coefficient (Wildman–Crippen LogP) is 12.6. The van der Waals surface area contributed by atoms with E-state index in [4.69, 9.17) is 4.74 Å². The van der Waals surface area contributed by atoms with E-state index in [0.29, 0.717) is 18.9 Å². The molecule has 0 fully saturated rings. The first-order valence-electron chi connectivity index (χ1n) is 17.5. The first kappa shape index (κ1) is 38.7. The smallest absolute Gasteiger partial charge is 0.305 e. The van der Waals surface area contributed by atoms with Crippen LogP contribution < -0.4 is 0 Å². The molecule has 0 N–H and O–H groups in total. The molecule has 0 aromatic rings. The van der Waals surface area contributed by atoms with E-state index in [9.17, 15) is 4.79 Å². The minimum Gasteiger partial charge on any atom is -0.466 e. The molecule has 234 valence electrons. The van der Waals surface area contributed by atoms with Crippen molar-refractivity contribution in [3.63, 3.8) is 0 Å². The molecule has 0 aromatic carbocycles. The van der Waals surface area contributed by atoms with Gasteiger partial charge in [-0.1, -0.05) is 155 Å². The molecule has 0 radical (unpaired) electrons. The molecule has 2 heteroatoms. The summed E-state index contributed by atoms with van der Waals surface area (Å²) in [5, 5.41) is 0. The molecule has 0 bridgehead atoms. The van der Waals surface area contributed by atoms with Crippen LogP contribution in [0.2, 0.25) is 0 Å². The SMILES string of the molecule is CCC=CCC=CCC=CCCCCCCCC(=O)OCCC(C)CCCC(C)CCCC(C)CCCC(C)C. The highest BCUT2D eigenvalue weighted by atomic mass is 16.5. The fraction of sp³-hybridized carbons (Fsp3) is 0.816. The van der Waals surface area contributed by atoms with Crippen LogP contribution in [0.25, 0.3) is 0 Å². The minimum absolute atomic E-state index is 0.000397. The van der Waals surface area contributed by atoms with Crippen molar-refractivity contribution in [2.24, 2.45) is 23.7 Å². The predicted molar refractivity (Wildman–Crippen MR) is 179 cm³/mol. The van der Waals surface area contributed by atoms with Crippen LogP contribution in [0.1, 0.15) is 170 Å². The van der Waals surface area contributed by atoms with Crippen LogP contribution in [0.15, 0.2) is 36.5 Å². The zero-order valence-corrected chi connectivity index (χ0v) is 27.9. The Kier molecular flexibility index (Phi) is 28.2. The van der Waals surface area contributed by atoms with Crippen LogP contribution in [-0.2, 0) is 9.53 Å². The van der Waals surface area contributed by atoms with Crippen LogP contribution in [0.5, 0.6) is 0 Å². The molecule has 40 heavy (non-hydrogen) atoms. The lowest BCUT2D eigenvalue weighted by atomic mass is 9.91. The molecular weight excluding hydrogens is 488 g/mol. The summed E-state index contributed by atoms with van der Waals surface area (Å²) < 4.78 is 5.52. The van der Waals surface area contributed by atoms with Gasteiger partial charge in [0.15, 0.2) is 0 Å². The van der Waals surface area contributed by atoms with E-state index in [1.165, 1.54) is 83.5 Å². The zero-order valence-electron chi connectivity index (χ0n) is 27.9. The summed E-state index contributed by atoms with van der Waals surface area (Å²) >= 11 is 0. The van der Waals surface area contributed by atoms with Crippen LogP contribution in [0.3, 0.4) is 0 Å². The average molecular weight is 559 g/mol. The van der Waals surface area contributed by atoms with Gasteiger partial charge in [0, 0.05) is 6.42 Å². The van der Waals surface area contributed by atoms with Crippen molar-refractivity contribution in [3.05, 3.63) is 36.5 Å². The Morgan fingerprint density at radius 3 is 1.60 bits per heavy atom. The van der Waals surface area contributed by atoms with Gasteiger partial charge in [0.2, 0.25) is 0 Å². The Labute approximate surface area is 251 Å². The van der Waals surface area contributed by atoms with E-state index in [1.807, 2.05) is 0 Å². The highest BCUT2D eigenvalue weighted by Gasteiger charge is 2.09. The van der Waals surface area contributed by atoms with Gasteiger partial charge in [0.05, 0.1) is 6.61 Å². The van der Waals surface area contributed by atoms with Gasteiger partial charge in [-0.3, -0.25) is 4.79 Å². The van der Waals surface area contributed by atoms with Gasteiger partial charge in [0.1, 0.15) is 0 Å². The normalized spacial score (nSPS) is 14.6. The highest BCUT2D eigenvalue weighted by Crippen LogP contribution is 2.22. The maximum Gasteiger partial charge on any atom is 0.305 e. The van der Waals surface area contributed by atoms with Crippen LogP contribution >= 0.6 is 0 Å². The quantitative estimate of drug-likeness (QED) is 0.0542. The first-order chi connectivity index (χ1) is 19.3. The van der Waals surface area contributed by atoms with Crippen LogP contribution in [0.4, 0.5) is 0 Å². The number of ether oxygens (including phenoxy) is 1. The van der Waals surface area contributed by atoms with Gasteiger partial charge in [-0.2, -0.15) is 0 Å². The molecule has 0 aliphatic carbocycles. The van der Waals surface area contributed by atoms with Gasteiger partial charge in [-0.25, -0.2) is 0 Å². The largest absolute Gasteiger partial charge is 0.466 e. The number of hydrogen-bond donors (Lipinski definition) is 0. The van der Waals surface area contributed by atoms with Crippen molar-refractivity contribution >= 4 is 5.97 Å². The number of allylic oxidation sites excluding steroid dienone is 6. The van der Waals surface area contributed by atoms with E-state index in [-0.39, 0.29) is 5.97 Å². The average Bonchev–Trinajstić information content (AvgIpc) is 2.90. The summed E-state index contributed by atoms with van der Waals surface area (Å²) in [7, 11) is 0. The summed E-state index contributed by atoms with van der Waals surface area (Å²) in [5.74, 6) is 3.23. The lowest BCUT2D eigenvalue weighted by Gasteiger charge is -2.16. The van der Waals surface area contributed by atoms with Gasteiger partial charge in [-0.15, -0.1) is 0 Å². The van der Waals surface area contributed by atoms with Gasteiger partial charge in [0.25, 0.3) is 0 Å². The van der Waals surface area contributed by atoms with Crippen LogP contribution in [0, 0.1) is 23.7 Å². The lowest BCUT2D eigenvalue weighted by Crippen LogP contribution is -2.09. The molecule has 0 aliphatic rings. The van der Waals surface area contributed by atoms with E-state index in [2.05, 4.69) is 78.0 Å². The van der Waals surface area contributed by atoms with Crippen molar-refractivity contribution in [1.29, 1.82) is 0 Å². The van der Waals surface area contributed by atoms with Crippen molar-refractivity contribution in [3.8, 4) is 0 Å². The summed E-state index contributed by atoms with van der Waals surface area (Å²) in [5.41, 5.74) is 0. The third kappa shape index (κ3) is 29.7.